The third-order valence-corrected chi connectivity index (χ3v) is 2.36. The minimum absolute atomic E-state index is 0.0385. The van der Waals surface area contributed by atoms with Crippen LogP contribution in [0, 0.1) is 0 Å². The van der Waals surface area contributed by atoms with Crippen molar-refractivity contribution in [3.05, 3.63) is 0 Å². The summed E-state index contributed by atoms with van der Waals surface area (Å²) in [7, 11) is 0. The van der Waals surface area contributed by atoms with Gasteiger partial charge in [-0.25, -0.2) is 4.79 Å². The number of hydrogen-bond donors (Lipinski definition) is 1. The molecule has 1 saturated carbocycles. The van der Waals surface area contributed by atoms with Gasteiger partial charge in [0.05, 0.1) is 0 Å². The number of carbonyl (C=O) groups excluding carboxylic acids is 2. The first-order valence-electron chi connectivity index (χ1n) is 4.42. The van der Waals surface area contributed by atoms with Gasteiger partial charge in [-0.15, -0.1) is 0 Å². The normalized spacial score (nSPS) is 22.0. The highest BCUT2D eigenvalue weighted by Gasteiger charge is 2.44. The molecular formula is C8H10N2O4. The van der Waals surface area contributed by atoms with E-state index in [1.54, 1.807) is 0 Å². The Morgan fingerprint density at radius 3 is 2.57 bits per heavy atom. The van der Waals surface area contributed by atoms with Crippen LogP contribution in [0.4, 0.5) is 4.79 Å². The molecule has 0 aromatic carbocycles. The number of aliphatic carboxylic acids is 1. The second kappa shape index (κ2) is 2.97. The molecule has 0 spiro atoms. The molecule has 6 heteroatoms. The van der Waals surface area contributed by atoms with E-state index in [0.29, 0.717) is 0 Å². The Kier molecular flexibility index (Phi) is 1.90. The monoisotopic (exact) mass is 198 g/mol. The summed E-state index contributed by atoms with van der Waals surface area (Å²) in [6.07, 6.45) is 1.83. The number of imide groups is 1. The highest BCUT2D eigenvalue weighted by molar-refractivity contribution is 6.04. The van der Waals surface area contributed by atoms with Crippen LogP contribution in [-0.4, -0.2) is 51.9 Å². The third kappa shape index (κ3) is 1.43. The van der Waals surface area contributed by atoms with Gasteiger partial charge >= 0.3 is 12.0 Å². The molecule has 6 nitrogen and oxygen atoms in total. The molecule has 0 atom stereocenters. The number of nitrogens with zero attached hydrogens (tertiary/aromatic N) is 2. The molecule has 1 aliphatic heterocycles. The van der Waals surface area contributed by atoms with Crippen LogP contribution in [0.15, 0.2) is 0 Å². The summed E-state index contributed by atoms with van der Waals surface area (Å²) in [5.74, 6) is -1.58. The standard InChI is InChI=1S/C8H10N2O4/c11-6-3-9(5-1-2-5)8(14)10(6)4-7(12)13/h5H,1-4H2,(H,12,13). The fraction of sp³-hybridized carbons (Fsp3) is 0.625. The van der Waals surface area contributed by atoms with Gasteiger partial charge in [-0.1, -0.05) is 0 Å². The van der Waals surface area contributed by atoms with Crippen molar-refractivity contribution in [1.29, 1.82) is 0 Å². The molecular weight excluding hydrogens is 188 g/mol. The average molecular weight is 198 g/mol. The number of rotatable bonds is 3. The molecule has 2 rings (SSSR count). The van der Waals surface area contributed by atoms with E-state index in [1.807, 2.05) is 0 Å². The molecule has 0 aromatic heterocycles. The molecule has 14 heavy (non-hydrogen) atoms. The van der Waals surface area contributed by atoms with E-state index >= 15 is 0 Å². The maximum atomic E-state index is 11.5. The molecule has 76 valence electrons. The Hall–Kier alpha value is -1.59. The first-order valence-corrected chi connectivity index (χ1v) is 4.42. The first kappa shape index (κ1) is 8.98. The van der Waals surface area contributed by atoms with Crippen molar-refractivity contribution < 1.29 is 19.5 Å². The summed E-state index contributed by atoms with van der Waals surface area (Å²) >= 11 is 0. The molecule has 1 saturated heterocycles. The maximum Gasteiger partial charge on any atom is 0.328 e. The first-order chi connectivity index (χ1) is 6.59. The van der Waals surface area contributed by atoms with Gasteiger partial charge < -0.3 is 10.0 Å². The number of urea groups is 1. The van der Waals surface area contributed by atoms with Gasteiger partial charge in [-0.2, -0.15) is 0 Å². The lowest BCUT2D eigenvalue weighted by atomic mass is 10.5. The number of hydrogen-bond acceptors (Lipinski definition) is 3. The van der Waals surface area contributed by atoms with Crippen molar-refractivity contribution >= 4 is 17.9 Å². The largest absolute Gasteiger partial charge is 0.480 e. The fourth-order valence-electron chi connectivity index (χ4n) is 1.52. The molecule has 2 fully saturated rings. The highest BCUT2D eigenvalue weighted by atomic mass is 16.4. The maximum absolute atomic E-state index is 11.5. The lowest BCUT2D eigenvalue weighted by Gasteiger charge is -2.14. The molecule has 2 aliphatic rings. The zero-order valence-electron chi connectivity index (χ0n) is 7.47. The van der Waals surface area contributed by atoms with Gasteiger partial charge in [0.15, 0.2) is 0 Å². The summed E-state index contributed by atoms with van der Waals surface area (Å²) in [4.78, 5) is 35.4. The van der Waals surface area contributed by atoms with Gasteiger partial charge in [0.1, 0.15) is 13.1 Å². The van der Waals surface area contributed by atoms with E-state index in [-0.39, 0.29) is 12.6 Å². The molecule has 0 radical (unpaired) electrons. The molecule has 0 aromatic rings. The van der Waals surface area contributed by atoms with Crippen LogP contribution in [0.5, 0.6) is 0 Å². The molecule has 0 bridgehead atoms. The topological polar surface area (TPSA) is 77.9 Å². The second-order valence-corrected chi connectivity index (χ2v) is 3.52. The smallest absolute Gasteiger partial charge is 0.328 e. The van der Waals surface area contributed by atoms with Crippen molar-refractivity contribution in [1.82, 2.24) is 9.80 Å². The van der Waals surface area contributed by atoms with Crippen LogP contribution in [-0.2, 0) is 9.59 Å². The van der Waals surface area contributed by atoms with Crippen molar-refractivity contribution in [2.24, 2.45) is 0 Å². The number of carbonyl (C=O) groups is 3. The molecule has 1 heterocycles. The van der Waals surface area contributed by atoms with E-state index in [1.165, 1.54) is 4.90 Å². The number of carboxylic acids is 1. The van der Waals surface area contributed by atoms with E-state index in [0.717, 1.165) is 17.7 Å². The van der Waals surface area contributed by atoms with Crippen LogP contribution < -0.4 is 0 Å². The second-order valence-electron chi connectivity index (χ2n) is 3.52. The van der Waals surface area contributed by atoms with Crippen molar-refractivity contribution in [2.75, 3.05) is 13.1 Å². The zero-order chi connectivity index (χ0) is 10.3. The van der Waals surface area contributed by atoms with Gasteiger partial charge in [0.2, 0.25) is 0 Å². The van der Waals surface area contributed by atoms with Crippen LogP contribution in [0.2, 0.25) is 0 Å². The summed E-state index contributed by atoms with van der Waals surface area (Å²) in [5.41, 5.74) is 0. The van der Waals surface area contributed by atoms with Gasteiger partial charge in [-0.3, -0.25) is 14.5 Å². The zero-order valence-corrected chi connectivity index (χ0v) is 7.47. The quantitative estimate of drug-likeness (QED) is 0.620. The number of carboxylic acid groups (broad SMARTS) is 1. The van der Waals surface area contributed by atoms with Crippen molar-refractivity contribution in [3.63, 3.8) is 0 Å². The summed E-state index contributed by atoms with van der Waals surface area (Å²) in [5, 5.41) is 8.49. The Balaban J connectivity index is 2.07. The van der Waals surface area contributed by atoms with Crippen molar-refractivity contribution in [2.45, 2.75) is 18.9 Å². The lowest BCUT2D eigenvalue weighted by molar-refractivity contribution is -0.141. The minimum Gasteiger partial charge on any atom is -0.480 e. The predicted octanol–water partition coefficient (Wildman–Crippen LogP) is -0.502. The van der Waals surface area contributed by atoms with Gasteiger partial charge in [0, 0.05) is 6.04 Å². The lowest BCUT2D eigenvalue weighted by Crippen LogP contribution is -2.37. The van der Waals surface area contributed by atoms with Crippen LogP contribution in [0.1, 0.15) is 12.8 Å². The van der Waals surface area contributed by atoms with Gasteiger partial charge in [-0.05, 0) is 12.8 Å². The van der Waals surface area contributed by atoms with Crippen LogP contribution in [0.25, 0.3) is 0 Å². The Labute approximate surface area is 80.1 Å². The molecule has 3 amide bonds. The third-order valence-electron chi connectivity index (χ3n) is 2.36. The molecule has 1 N–H and O–H groups in total. The van der Waals surface area contributed by atoms with E-state index < -0.39 is 24.5 Å². The average Bonchev–Trinajstić information content (AvgIpc) is 2.88. The summed E-state index contributed by atoms with van der Waals surface area (Å²) in [6, 6.07) is -0.301. The highest BCUT2D eigenvalue weighted by Crippen LogP contribution is 2.30. The Morgan fingerprint density at radius 2 is 2.07 bits per heavy atom. The summed E-state index contributed by atoms with van der Waals surface area (Å²) < 4.78 is 0. The Bertz CT molecular complexity index is 310. The predicted molar refractivity (Wildman–Crippen MR) is 44.5 cm³/mol. The van der Waals surface area contributed by atoms with E-state index in [2.05, 4.69) is 0 Å². The van der Waals surface area contributed by atoms with E-state index in [4.69, 9.17) is 5.11 Å². The Morgan fingerprint density at radius 1 is 1.43 bits per heavy atom. The minimum atomic E-state index is -1.16. The van der Waals surface area contributed by atoms with Crippen molar-refractivity contribution in [3.8, 4) is 0 Å². The molecule has 1 aliphatic carbocycles. The summed E-state index contributed by atoms with van der Waals surface area (Å²) in [6.45, 7) is -0.488. The number of amides is 3. The van der Waals surface area contributed by atoms with Crippen LogP contribution in [0.3, 0.4) is 0 Å². The van der Waals surface area contributed by atoms with E-state index in [9.17, 15) is 14.4 Å². The fourth-order valence-corrected chi connectivity index (χ4v) is 1.52. The van der Waals surface area contributed by atoms with Gasteiger partial charge in [0.25, 0.3) is 5.91 Å². The SMILES string of the molecule is O=C(O)CN1C(=O)CN(C2CC2)C1=O. The van der Waals surface area contributed by atoms with Crippen LogP contribution >= 0.6 is 0 Å². The molecule has 0 unspecified atom stereocenters.